The summed E-state index contributed by atoms with van der Waals surface area (Å²) in [4.78, 5) is 64.5. The number of benzene rings is 1. The number of hydrogen-bond acceptors (Lipinski definition) is 17. The van der Waals surface area contributed by atoms with Gasteiger partial charge >= 0.3 is 23.2 Å². The van der Waals surface area contributed by atoms with Crippen molar-refractivity contribution in [2.45, 2.75) is 56.7 Å². The molecule has 2 aromatic heterocycles. The van der Waals surface area contributed by atoms with Crippen molar-refractivity contribution in [1.29, 1.82) is 0 Å². The van der Waals surface area contributed by atoms with Crippen molar-refractivity contribution in [3.8, 4) is 17.6 Å². The van der Waals surface area contributed by atoms with E-state index in [4.69, 9.17) is 39.6 Å². The number of azide groups is 1. The number of carbonyl (C=O) groups is 2. The van der Waals surface area contributed by atoms with Gasteiger partial charge in [-0.3, -0.25) is 18.7 Å². The minimum absolute atomic E-state index is 0.0166. The van der Waals surface area contributed by atoms with Crippen molar-refractivity contribution in [3.05, 3.63) is 58.4 Å². The van der Waals surface area contributed by atoms with E-state index in [0.717, 1.165) is 12.8 Å². The second-order valence-electron chi connectivity index (χ2n) is 13.7. The molecule has 2 fully saturated rings. The van der Waals surface area contributed by atoms with Crippen LogP contribution in [0.5, 0.6) is 5.75 Å². The molecule has 338 valence electrons. The first-order valence-electron chi connectivity index (χ1n) is 19.0. The first kappa shape index (κ1) is 48.6. The van der Waals surface area contributed by atoms with Crippen LogP contribution in [0.2, 0.25) is 0 Å². The molecule has 0 radical (unpaired) electrons. The summed E-state index contributed by atoms with van der Waals surface area (Å²) in [6, 6.07) is 7.10. The van der Waals surface area contributed by atoms with Crippen LogP contribution >= 0.6 is 23.2 Å². The molecule has 1 aliphatic carbocycles. The number of nitrogens with one attached hydrogen (secondary N) is 3. The minimum atomic E-state index is -5.43. The van der Waals surface area contributed by atoms with Crippen molar-refractivity contribution in [2.75, 3.05) is 65.1 Å². The van der Waals surface area contributed by atoms with Gasteiger partial charge in [0, 0.05) is 42.5 Å². The summed E-state index contributed by atoms with van der Waals surface area (Å²) in [7, 11) is -15.2. The highest BCUT2D eigenvalue weighted by Gasteiger charge is 2.40. The maximum atomic E-state index is 12.6. The average molecular weight is 929 g/mol. The fourth-order valence-corrected chi connectivity index (χ4v) is 9.45. The number of anilines is 1. The Hall–Kier alpha value is -4.46. The number of fused-ring (bicyclic) bond motifs is 1. The smallest absolute Gasteiger partial charge is 0.488 e. The van der Waals surface area contributed by atoms with Gasteiger partial charge in [-0.2, -0.15) is 4.31 Å². The third-order valence-electron chi connectivity index (χ3n) is 8.90. The Morgan fingerprint density at radius 2 is 1.90 bits per heavy atom. The summed E-state index contributed by atoms with van der Waals surface area (Å²) in [6.07, 6.45) is 4.59. The van der Waals surface area contributed by atoms with Crippen LogP contribution < -0.4 is 26.4 Å². The first-order chi connectivity index (χ1) is 29.5. The predicted molar refractivity (Wildman–Crippen MR) is 218 cm³/mol. The zero-order valence-corrected chi connectivity index (χ0v) is 36.0. The second-order valence-corrected chi connectivity index (χ2v) is 18.8. The Morgan fingerprint density at radius 1 is 1.10 bits per heavy atom. The number of phosphoric acid groups is 2. The third-order valence-corrected chi connectivity index (χ3v) is 13.1. The zero-order chi connectivity index (χ0) is 44.8. The van der Waals surface area contributed by atoms with Gasteiger partial charge in [-0.15, -0.1) is 0 Å². The fourth-order valence-electron chi connectivity index (χ4n) is 5.95. The molecule has 62 heavy (non-hydrogen) atoms. The van der Waals surface area contributed by atoms with Crippen LogP contribution in [0.15, 0.2) is 41.9 Å². The van der Waals surface area contributed by atoms with E-state index in [1.54, 1.807) is 35.0 Å². The molecule has 25 nitrogen and oxygen atoms in total. The first-order valence-corrected chi connectivity index (χ1v) is 24.1. The van der Waals surface area contributed by atoms with Gasteiger partial charge in [-0.05, 0) is 49.4 Å². The highest BCUT2D eigenvalue weighted by atomic mass is 31.3. The Morgan fingerprint density at radius 3 is 2.65 bits per heavy atom. The van der Waals surface area contributed by atoms with E-state index in [-0.39, 0.29) is 44.7 Å². The van der Waals surface area contributed by atoms with E-state index in [1.807, 2.05) is 0 Å². The fraction of sp³-hybridized carbons (Fsp3) is 0.529. The van der Waals surface area contributed by atoms with E-state index in [0.29, 0.717) is 66.5 Å². The Labute approximate surface area is 354 Å². The Kier molecular flexibility index (Phi) is 17.8. The number of aromatic nitrogens is 3. The van der Waals surface area contributed by atoms with Crippen molar-refractivity contribution >= 4 is 51.9 Å². The summed E-state index contributed by atoms with van der Waals surface area (Å²) >= 11 is 0. The molecule has 0 bridgehead atoms. The van der Waals surface area contributed by atoms with Crippen molar-refractivity contribution in [3.63, 3.8) is 0 Å². The molecule has 4 unspecified atom stereocenters. The van der Waals surface area contributed by atoms with Gasteiger partial charge < -0.3 is 59.9 Å². The number of nitrogens with two attached hydrogens (primary N) is 1. The van der Waals surface area contributed by atoms with Gasteiger partial charge in [0.05, 0.1) is 43.4 Å². The number of hydrogen-bond donors (Lipinski definition) is 7. The van der Waals surface area contributed by atoms with Gasteiger partial charge in [-0.1, -0.05) is 29.4 Å². The lowest BCUT2D eigenvalue weighted by Crippen LogP contribution is -2.40. The lowest BCUT2D eigenvalue weighted by atomic mass is 9.93. The van der Waals surface area contributed by atoms with E-state index < -0.39 is 54.3 Å². The van der Waals surface area contributed by atoms with Crippen LogP contribution in [0.3, 0.4) is 0 Å². The van der Waals surface area contributed by atoms with Crippen LogP contribution in [0.4, 0.5) is 5.82 Å². The third kappa shape index (κ3) is 15.7. The maximum absolute atomic E-state index is 12.6. The summed E-state index contributed by atoms with van der Waals surface area (Å²) in [5.74, 6) is 5.54. The number of carbonyl (C=O) groups excluding carboxylic acids is 2. The lowest BCUT2D eigenvalue weighted by Gasteiger charge is -2.26. The van der Waals surface area contributed by atoms with Crippen LogP contribution in [-0.4, -0.2) is 119 Å². The summed E-state index contributed by atoms with van der Waals surface area (Å²) in [5.41, 5.74) is 16.3. The van der Waals surface area contributed by atoms with Crippen LogP contribution in [0.1, 0.15) is 54.3 Å². The quantitative estimate of drug-likeness (QED) is 0.0169. The summed E-state index contributed by atoms with van der Waals surface area (Å²) < 4.78 is 72.3. The van der Waals surface area contributed by atoms with Crippen LogP contribution in [-0.2, 0) is 45.8 Å². The van der Waals surface area contributed by atoms with E-state index in [9.17, 15) is 33.1 Å². The number of rotatable bonds is 24. The number of ether oxygens (including phenoxy) is 4. The van der Waals surface area contributed by atoms with E-state index in [1.165, 1.54) is 12.7 Å². The zero-order valence-electron chi connectivity index (χ0n) is 33.3. The monoisotopic (exact) mass is 928 g/mol. The van der Waals surface area contributed by atoms with E-state index in [2.05, 4.69) is 56.4 Å². The molecule has 3 heterocycles. The molecule has 0 spiro atoms. The molecule has 1 aromatic carbocycles. The van der Waals surface area contributed by atoms with Crippen molar-refractivity contribution in [2.24, 2.45) is 5.11 Å². The molecule has 5 rings (SSSR count). The molecule has 1 aliphatic heterocycles. The highest BCUT2D eigenvalue weighted by molar-refractivity contribution is 7.68. The van der Waals surface area contributed by atoms with Gasteiger partial charge in [-0.25, -0.2) is 23.4 Å². The Bertz CT molecular complexity index is 2290. The SMILES string of the molecule is CP(=O)(O)OP(=O)(O)OP(=O)(O)OC[C@@H]1CC[C@H](n2cc(C#CCNC(=O)COCCOC(COc3cccc(C(=O)NCCNC4CCC4)c3)N=[N+]=[N-])c3c(N)ncnc32)O1. The topological polar surface area (TPSA) is 352 Å². The summed E-state index contributed by atoms with van der Waals surface area (Å²) in [6.45, 7) is 0.620. The molecule has 28 heteroatoms. The van der Waals surface area contributed by atoms with Gasteiger partial charge in [0.25, 0.3) is 5.91 Å². The number of nitrogens with zero attached hydrogens (tertiary/aromatic N) is 6. The molecule has 2 amide bonds. The standard InChI is InChI=1S/C34H47N10O15P3/c1-60(47,48)58-62(51,52)59-61(49,50)56-19-27-10-11-30(57-27)44-18-24(31-32(35)40-22-41-33(31)44)6-4-12-38-28(45)20-53-15-16-54-29(42-43-36)21-55-26-9-2-5-23(17-26)34(46)39-14-13-37-25-7-3-8-25/h2,5,9,17-18,22,25,27,29-30,37H,3,7-8,10-16,19-21H2,1H3,(H,38,45)(H,39,46)(H,47,48)(H,49,50)(H,51,52)(H2,35,40,41)/t27-,29?,30+/m0/s1. The molecular formula is C34H47N10O15P3. The van der Waals surface area contributed by atoms with Gasteiger partial charge in [0.15, 0.2) is 6.23 Å². The predicted octanol–water partition coefficient (Wildman–Crippen LogP) is 2.85. The largest absolute Gasteiger partial charge is 0.491 e. The minimum Gasteiger partial charge on any atom is -0.491 e. The van der Waals surface area contributed by atoms with Gasteiger partial charge in [0.2, 0.25) is 5.91 Å². The highest BCUT2D eigenvalue weighted by Crippen LogP contribution is 2.66. The molecule has 1 saturated heterocycles. The molecule has 3 aromatic rings. The maximum Gasteiger partial charge on any atom is 0.488 e. The van der Waals surface area contributed by atoms with E-state index >= 15 is 0 Å². The molecule has 1 saturated carbocycles. The van der Waals surface area contributed by atoms with Crippen molar-refractivity contribution < 1.29 is 70.1 Å². The lowest BCUT2D eigenvalue weighted by molar-refractivity contribution is -0.126. The van der Waals surface area contributed by atoms with Crippen LogP contribution in [0.25, 0.3) is 21.5 Å². The van der Waals surface area contributed by atoms with Gasteiger partial charge in [0.1, 0.15) is 43.0 Å². The normalized spacial score (nSPS) is 19.7. The number of nitrogen functional groups attached to an aromatic ring is 1. The second kappa shape index (κ2) is 22.8. The Balaban J connectivity index is 1.02. The molecular weight excluding hydrogens is 881 g/mol. The van der Waals surface area contributed by atoms with Crippen molar-refractivity contribution in [1.82, 2.24) is 30.5 Å². The number of phosphoric ester groups is 1. The molecule has 8 N–H and O–H groups in total. The molecule has 2 aliphatic rings. The number of amides is 2. The van der Waals surface area contributed by atoms with Crippen LogP contribution in [0, 0.1) is 11.8 Å². The average Bonchev–Trinajstić information content (AvgIpc) is 3.81. The summed E-state index contributed by atoms with van der Waals surface area (Å²) in [5, 5.41) is 12.8. The molecule has 6 atom stereocenters.